The first-order valence-electron chi connectivity index (χ1n) is 13.8. The van der Waals surface area contributed by atoms with E-state index in [0.29, 0.717) is 43.2 Å². The summed E-state index contributed by atoms with van der Waals surface area (Å²) in [6, 6.07) is 11.9. The second-order valence-electron chi connectivity index (χ2n) is 11.4. The number of nitrogens with one attached hydrogen (secondary N) is 1. The maximum Gasteiger partial charge on any atom is 0.410 e. The van der Waals surface area contributed by atoms with Crippen molar-refractivity contribution in [2.24, 2.45) is 0 Å². The molecule has 2 heterocycles. The molecule has 0 spiro atoms. The van der Waals surface area contributed by atoms with Gasteiger partial charge in [-0.25, -0.2) is 4.79 Å². The van der Waals surface area contributed by atoms with E-state index in [1.54, 1.807) is 56.0 Å². The van der Waals surface area contributed by atoms with Crippen LogP contribution in [0.5, 0.6) is 5.75 Å². The van der Waals surface area contributed by atoms with Gasteiger partial charge in [-0.3, -0.25) is 14.5 Å². The molecular formula is C30H38N3O8Si. The fraction of sp³-hybridized carbons (Fsp3) is 0.500. The Kier molecular flexibility index (Phi) is 9.92. The Bertz CT molecular complexity index is 1280. The molecule has 3 amide bonds. The molecule has 225 valence electrons. The van der Waals surface area contributed by atoms with Gasteiger partial charge in [0.1, 0.15) is 11.4 Å². The van der Waals surface area contributed by atoms with Gasteiger partial charge in [0, 0.05) is 44.4 Å². The third kappa shape index (κ3) is 7.49. The van der Waals surface area contributed by atoms with E-state index >= 15 is 0 Å². The number of methoxy groups -OCH3 is 1. The molecule has 3 radical (unpaired) electrons. The molecule has 0 saturated carbocycles. The van der Waals surface area contributed by atoms with Crippen LogP contribution in [0.4, 0.5) is 4.79 Å². The van der Waals surface area contributed by atoms with E-state index < -0.39 is 28.9 Å². The number of hydrogen-bond acceptors (Lipinski definition) is 8. The van der Waals surface area contributed by atoms with E-state index in [1.807, 2.05) is 12.1 Å². The molecule has 11 nitrogen and oxygen atoms in total. The fourth-order valence-corrected chi connectivity index (χ4v) is 5.31. The van der Waals surface area contributed by atoms with Gasteiger partial charge < -0.3 is 34.3 Å². The molecule has 2 atom stereocenters. The lowest BCUT2D eigenvalue weighted by atomic mass is 9.90. The minimum atomic E-state index is -1.27. The molecule has 1 saturated heterocycles. The molecule has 0 aliphatic carbocycles. The van der Waals surface area contributed by atoms with Crippen molar-refractivity contribution in [1.29, 1.82) is 0 Å². The normalized spacial score (nSPS) is 19.5. The van der Waals surface area contributed by atoms with Crippen LogP contribution in [0.1, 0.15) is 52.6 Å². The molecule has 12 heteroatoms. The average Bonchev–Trinajstić information content (AvgIpc) is 2.97. The topological polar surface area (TPSA) is 127 Å². The molecular weight excluding hydrogens is 558 g/mol. The van der Waals surface area contributed by atoms with E-state index in [-0.39, 0.29) is 32.2 Å². The summed E-state index contributed by atoms with van der Waals surface area (Å²) in [6.07, 6.45) is -1.57. The third-order valence-corrected chi connectivity index (χ3v) is 7.88. The van der Waals surface area contributed by atoms with E-state index in [9.17, 15) is 19.5 Å². The SMILES string of the molecule is COCOc1ccc2c(c1)CN(C(=O)OC(C)(C)C)[C@@]([Si])([C@H](O)CNC(=O)c1ccc(C(=O)N3CCOCC3)cc1)C2. The number of aliphatic hydroxyl groups excluding tert-OH is 1. The number of carbonyl (C=O) groups excluding carboxylic acids is 3. The van der Waals surface area contributed by atoms with Gasteiger partial charge in [-0.05, 0) is 74.7 Å². The molecule has 2 aromatic carbocycles. The molecule has 4 rings (SSSR count). The number of fused-ring (bicyclic) bond motifs is 1. The van der Waals surface area contributed by atoms with Crippen LogP contribution in [-0.2, 0) is 27.2 Å². The Balaban J connectivity index is 1.47. The second-order valence-corrected chi connectivity index (χ2v) is 12.2. The van der Waals surface area contributed by atoms with Crippen LogP contribution in [0.15, 0.2) is 42.5 Å². The molecule has 0 unspecified atom stereocenters. The van der Waals surface area contributed by atoms with Gasteiger partial charge in [0.25, 0.3) is 11.8 Å². The highest BCUT2D eigenvalue weighted by Crippen LogP contribution is 2.35. The number of aliphatic hydroxyl groups is 1. The maximum absolute atomic E-state index is 13.3. The zero-order chi connectivity index (χ0) is 30.5. The molecule has 2 aromatic rings. The summed E-state index contributed by atoms with van der Waals surface area (Å²) in [7, 11) is 5.26. The van der Waals surface area contributed by atoms with Crippen molar-refractivity contribution >= 4 is 28.2 Å². The molecule has 0 bridgehead atoms. The summed E-state index contributed by atoms with van der Waals surface area (Å²) >= 11 is 0. The highest BCUT2D eigenvalue weighted by atomic mass is 28.1. The minimum Gasteiger partial charge on any atom is -0.468 e. The van der Waals surface area contributed by atoms with Gasteiger partial charge in [-0.15, -0.1) is 0 Å². The predicted molar refractivity (Wildman–Crippen MR) is 154 cm³/mol. The zero-order valence-corrected chi connectivity index (χ0v) is 25.5. The van der Waals surface area contributed by atoms with Crippen molar-refractivity contribution in [3.05, 3.63) is 64.7 Å². The number of rotatable bonds is 8. The third-order valence-electron chi connectivity index (χ3n) is 7.10. The van der Waals surface area contributed by atoms with E-state index in [2.05, 4.69) is 15.6 Å². The Morgan fingerprint density at radius 1 is 1.07 bits per heavy atom. The van der Waals surface area contributed by atoms with Gasteiger partial charge >= 0.3 is 6.09 Å². The predicted octanol–water partition coefficient (Wildman–Crippen LogP) is 2.09. The first-order valence-corrected chi connectivity index (χ1v) is 14.3. The van der Waals surface area contributed by atoms with E-state index in [4.69, 9.17) is 18.9 Å². The summed E-state index contributed by atoms with van der Waals surface area (Å²) in [5.41, 5.74) is 1.80. The lowest BCUT2D eigenvalue weighted by Gasteiger charge is -2.48. The number of carbonyl (C=O) groups is 3. The Morgan fingerprint density at radius 3 is 2.38 bits per heavy atom. The van der Waals surface area contributed by atoms with Crippen molar-refractivity contribution in [3.8, 4) is 5.75 Å². The van der Waals surface area contributed by atoms with E-state index in [0.717, 1.165) is 11.1 Å². The molecule has 2 N–H and O–H groups in total. The number of amides is 3. The zero-order valence-electron chi connectivity index (χ0n) is 24.5. The molecule has 1 fully saturated rings. The van der Waals surface area contributed by atoms with Crippen molar-refractivity contribution in [2.75, 3.05) is 46.8 Å². The molecule has 2 aliphatic heterocycles. The number of morpholine rings is 1. The summed E-state index contributed by atoms with van der Waals surface area (Å²) in [4.78, 5) is 42.2. The lowest BCUT2D eigenvalue weighted by molar-refractivity contribution is -0.0251. The van der Waals surface area contributed by atoms with Crippen LogP contribution in [0, 0.1) is 0 Å². The summed E-state index contributed by atoms with van der Waals surface area (Å²) in [5, 5.41) is 12.9. The number of benzene rings is 2. The Hall–Kier alpha value is -3.45. The van der Waals surface area contributed by atoms with Gasteiger partial charge in [-0.2, -0.15) is 0 Å². The average molecular weight is 597 g/mol. The Labute approximate surface area is 249 Å². The van der Waals surface area contributed by atoms with Gasteiger partial charge in [-0.1, -0.05) is 6.07 Å². The van der Waals surface area contributed by atoms with Gasteiger partial charge in [0.05, 0.1) is 34.7 Å². The van der Waals surface area contributed by atoms with Crippen LogP contribution in [0.3, 0.4) is 0 Å². The second kappa shape index (κ2) is 13.2. The highest BCUT2D eigenvalue weighted by Gasteiger charge is 2.46. The maximum atomic E-state index is 13.3. The van der Waals surface area contributed by atoms with Crippen LogP contribution >= 0.6 is 0 Å². The monoisotopic (exact) mass is 596 g/mol. The minimum absolute atomic E-state index is 0.0852. The number of hydrogen-bond donors (Lipinski definition) is 2. The number of nitrogens with zero attached hydrogens (tertiary/aromatic N) is 2. The molecule has 2 aliphatic rings. The first kappa shape index (κ1) is 31.5. The molecule has 0 aromatic heterocycles. The van der Waals surface area contributed by atoms with Crippen molar-refractivity contribution in [1.82, 2.24) is 15.1 Å². The Morgan fingerprint density at radius 2 is 1.74 bits per heavy atom. The van der Waals surface area contributed by atoms with Crippen molar-refractivity contribution in [2.45, 2.75) is 50.6 Å². The van der Waals surface area contributed by atoms with Crippen molar-refractivity contribution in [3.63, 3.8) is 0 Å². The summed E-state index contributed by atoms with van der Waals surface area (Å²) in [5.74, 6) is 0.0557. The fourth-order valence-electron chi connectivity index (χ4n) is 4.85. The standard InChI is InChI=1S/C30H38N3O8Si/c1-29(2,3)41-28(37)33-18-23-15-24(40-19-38-4)10-9-22(23)16-30(33,42)25(34)17-31-26(35)20-5-7-21(8-6-20)27(36)32-11-13-39-14-12-32/h5-10,15,25,34H,11-14,16-19H2,1-4H3,(H,31,35)/t25-,30+/m1/s1. The van der Waals surface area contributed by atoms with E-state index in [1.165, 1.54) is 12.0 Å². The smallest absolute Gasteiger partial charge is 0.410 e. The molecule has 42 heavy (non-hydrogen) atoms. The first-order chi connectivity index (χ1) is 19.9. The highest BCUT2D eigenvalue weighted by molar-refractivity contribution is 6.17. The summed E-state index contributed by atoms with van der Waals surface area (Å²) in [6.45, 7) is 7.45. The van der Waals surface area contributed by atoms with Crippen LogP contribution in [0.25, 0.3) is 0 Å². The number of ether oxygens (including phenoxy) is 4. The largest absolute Gasteiger partial charge is 0.468 e. The van der Waals surface area contributed by atoms with Crippen LogP contribution in [0.2, 0.25) is 0 Å². The van der Waals surface area contributed by atoms with Crippen LogP contribution < -0.4 is 10.1 Å². The quantitative estimate of drug-likeness (QED) is 0.351. The van der Waals surface area contributed by atoms with Gasteiger partial charge in [0.2, 0.25) is 0 Å². The van der Waals surface area contributed by atoms with Gasteiger partial charge in [0.15, 0.2) is 6.79 Å². The lowest BCUT2D eigenvalue weighted by Crippen LogP contribution is -2.65. The summed E-state index contributed by atoms with van der Waals surface area (Å²) < 4.78 is 21.5. The van der Waals surface area contributed by atoms with Crippen molar-refractivity contribution < 1.29 is 38.4 Å². The van der Waals surface area contributed by atoms with Crippen LogP contribution in [-0.4, -0.2) is 107 Å².